The van der Waals surface area contributed by atoms with Crippen molar-refractivity contribution in [3.63, 3.8) is 0 Å². The molecule has 0 amide bonds. The van der Waals surface area contributed by atoms with Crippen LogP contribution in [0.4, 0.5) is 0 Å². The van der Waals surface area contributed by atoms with Gasteiger partial charge in [-0.15, -0.1) is 0 Å². The molecular weight excluding hydrogens is 268 g/mol. The van der Waals surface area contributed by atoms with Gasteiger partial charge in [-0.3, -0.25) is 0 Å². The standard InChI is InChI=1S/C20H20N2/c1-13(2)15-5-7-16(8-6-15)20-17(10-11-21)18-12-14(3)4-9-19(18)22-20/h4-9,12-13,22H,10H2,1-3H3. The molecule has 2 heteroatoms. The molecule has 3 rings (SSSR count). The minimum atomic E-state index is 0.421. The van der Waals surface area contributed by atoms with Crippen LogP contribution in [0.5, 0.6) is 0 Å². The van der Waals surface area contributed by atoms with Crippen molar-refractivity contribution in [3.8, 4) is 17.3 Å². The molecule has 2 nitrogen and oxygen atoms in total. The number of fused-ring (bicyclic) bond motifs is 1. The summed E-state index contributed by atoms with van der Waals surface area (Å²) in [6.45, 7) is 6.48. The summed E-state index contributed by atoms with van der Waals surface area (Å²) >= 11 is 0. The van der Waals surface area contributed by atoms with E-state index in [0.29, 0.717) is 12.3 Å². The zero-order valence-electron chi connectivity index (χ0n) is 13.3. The molecule has 0 unspecified atom stereocenters. The number of benzene rings is 2. The molecule has 0 saturated carbocycles. The van der Waals surface area contributed by atoms with Crippen molar-refractivity contribution >= 4 is 10.9 Å². The number of nitrogens with zero attached hydrogens (tertiary/aromatic N) is 1. The third-order valence-electron chi connectivity index (χ3n) is 4.18. The molecule has 0 aliphatic carbocycles. The molecule has 110 valence electrons. The Labute approximate surface area is 131 Å². The molecular formula is C20H20N2. The van der Waals surface area contributed by atoms with Crippen molar-refractivity contribution in [1.29, 1.82) is 5.26 Å². The van der Waals surface area contributed by atoms with E-state index in [1.54, 1.807) is 0 Å². The van der Waals surface area contributed by atoms with Crippen LogP contribution in [0, 0.1) is 18.3 Å². The van der Waals surface area contributed by atoms with E-state index in [1.165, 1.54) is 11.1 Å². The predicted octanol–water partition coefficient (Wildman–Crippen LogP) is 5.33. The second-order valence-corrected chi connectivity index (χ2v) is 6.14. The molecule has 0 atom stereocenters. The zero-order chi connectivity index (χ0) is 15.7. The van der Waals surface area contributed by atoms with Crippen molar-refractivity contribution in [2.24, 2.45) is 0 Å². The fraction of sp³-hybridized carbons (Fsp3) is 0.250. The van der Waals surface area contributed by atoms with E-state index < -0.39 is 0 Å². The first-order chi connectivity index (χ1) is 10.6. The van der Waals surface area contributed by atoms with E-state index in [9.17, 15) is 5.26 Å². The molecule has 0 saturated heterocycles. The number of hydrogen-bond donors (Lipinski definition) is 1. The average Bonchev–Trinajstić information content (AvgIpc) is 2.86. The summed E-state index contributed by atoms with van der Waals surface area (Å²) in [5.41, 5.74) is 6.95. The van der Waals surface area contributed by atoms with E-state index in [2.05, 4.69) is 74.3 Å². The van der Waals surface area contributed by atoms with Crippen LogP contribution in [-0.4, -0.2) is 4.98 Å². The molecule has 0 spiro atoms. The first-order valence-corrected chi connectivity index (χ1v) is 7.68. The van der Waals surface area contributed by atoms with Crippen LogP contribution in [0.1, 0.15) is 36.5 Å². The first-order valence-electron chi connectivity index (χ1n) is 7.68. The zero-order valence-corrected chi connectivity index (χ0v) is 13.3. The van der Waals surface area contributed by atoms with Crippen LogP contribution >= 0.6 is 0 Å². The predicted molar refractivity (Wildman–Crippen MR) is 91.9 cm³/mol. The number of H-pyrrole nitrogens is 1. The first kappa shape index (κ1) is 14.4. The van der Waals surface area contributed by atoms with Gasteiger partial charge in [0.1, 0.15) is 0 Å². The summed E-state index contributed by atoms with van der Waals surface area (Å²) in [6, 6.07) is 17.3. The quantitative estimate of drug-likeness (QED) is 0.695. The van der Waals surface area contributed by atoms with Gasteiger partial charge in [0.25, 0.3) is 0 Å². The normalized spacial score (nSPS) is 11.0. The fourth-order valence-corrected chi connectivity index (χ4v) is 2.91. The Balaban J connectivity index is 2.17. The van der Waals surface area contributed by atoms with Gasteiger partial charge in [-0.25, -0.2) is 0 Å². The van der Waals surface area contributed by atoms with Crippen LogP contribution in [-0.2, 0) is 6.42 Å². The lowest BCUT2D eigenvalue weighted by Gasteiger charge is -2.07. The number of aryl methyl sites for hydroxylation is 1. The third-order valence-corrected chi connectivity index (χ3v) is 4.18. The molecule has 0 aliphatic heterocycles. The lowest BCUT2D eigenvalue weighted by Crippen LogP contribution is -1.89. The van der Waals surface area contributed by atoms with Gasteiger partial charge in [-0.2, -0.15) is 5.26 Å². The number of nitriles is 1. The highest BCUT2D eigenvalue weighted by Crippen LogP contribution is 2.32. The van der Waals surface area contributed by atoms with Crippen molar-refractivity contribution < 1.29 is 0 Å². The van der Waals surface area contributed by atoms with Crippen LogP contribution in [0.3, 0.4) is 0 Å². The van der Waals surface area contributed by atoms with Crippen LogP contribution in [0.25, 0.3) is 22.2 Å². The van der Waals surface area contributed by atoms with Gasteiger partial charge in [0.2, 0.25) is 0 Å². The van der Waals surface area contributed by atoms with E-state index in [4.69, 9.17) is 0 Å². The Kier molecular flexibility index (Phi) is 3.73. The van der Waals surface area contributed by atoms with Gasteiger partial charge < -0.3 is 4.98 Å². The Bertz CT molecular complexity index is 846. The summed E-state index contributed by atoms with van der Waals surface area (Å²) in [7, 11) is 0. The van der Waals surface area contributed by atoms with E-state index in [-0.39, 0.29) is 0 Å². The summed E-state index contributed by atoms with van der Waals surface area (Å²) in [6.07, 6.45) is 0.421. The van der Waals surface area contributed by atoms with Crippen molar-refractivity contribution in [1.82, 2.24) is 4.98 Å². The smallest absolute Gasteiger partial charge is 0.0670 e. The molecule has 22 heavy (non-hydrogen) atoms. The third kappa shape index (κ3) is 2.51. The number of hydrogen-bond acceptors (Lipinski definition) is 1. The highest BCUT2D eigenvalue weighted by Gasteiger charge is 2.13. The molecule has 1 N–H and O–H groups in total. The minimum Gasteiger partial charge on any atom is -0.354 e. The summed E-state index contributed by atoms with van der Waals surface area (Å²) in [5.74, 6) is 0.526. The van der Waals surface area contributed by atoms with E-state index >= 15 is 0 Å². The maximum atomic E-state index is 9.19. The molecule has 0 aliphatic rings. The summed E-state index contributed by atoms with van der Waals surface area (Å²) < 4.78 is 0. The maximum absolute atomic E-state index is 9.19. The van der Waals surface area contributed by atoms with Gasteiger partial charge in [0, 0.05) is 10.9 Å². The Morgan fingerprint density at radius 3 is 2.45 bits per heavy atom. The Morgan fingerprint density at radius 1 is 1.09 bits per heavy atom. The number of rotatable bonds is 3. The highest BCUT2D eigenvalue weighted by atomic mass is 14.7. The SMILES string of the molecule is Cc1ccc2[nH]c(-c3ccc(C(C)C)cc3)c(CC#N)c2c1. The average molecular weight is 288 g/mol. The maximum Gasteiger partial charge on any atom is 0.0670 e. The molecule has 1 aromatic heterocycles. The lowest BCUT2D eigenvalue weighted by atomic mass is 9.98. The fourth-order valence-electron chi connectivity index (χ4n) is 2.91. The second kappa shape index (κ2) is 5.69. The van der Waals surface area contributed by atoms with Crippen molar-refractivity contribution in [3.05, 3.63) is 59.2 Å². The van der Waals surface area contributed by atoms with Crippen molar-refractivity contribution in [2.75, 3.05) is 0 Å². The van der Waals surface area contributed by atoms with Crippen LogP contribution < -0.4 is 0 Å². The monoisotopic (exact) mass is 288 g/mol. The van der Waals surface area contributed by atoms with Gasteiger partial charge in [-0.1, -0.05) is 49.7 Å². The highest BCUT2D eigenvalue weighted by molar-refractivity contribution is 5.91. The number of aromatic nitrogens is 1. The summed E-state index contributed by atoms with van der Waals surface area (Å²) in [4.78, 5) is 3.49. The number of aromatic amines is 1. The molecule has 3 aromatic rings. The molecule has 0 bridgehead atoms. The molecule has 0 fully saturated rings. The van der Waals surface area contributed by atoms with Crippen molar-refractivity contribution in [2.45, 2.75) is 33.1 Å². The molecule has 0 radical (unpaired) electrons. The largest absolute Gasteiger partial charge is 0.354 e. The molecule has 1 heterocycles. The van der Waals surface area contributed by atoms with Crippen LogP contribution in [0.2, 0.25) is 0 Å². The van der Waals surface area contributed by atoms with E-state index in [1.807, 2.05) is 0 Å². The lowest BCUT2D eigenvalue weighted by molar-refractivity contribution is 0.867. The summed E-state index contributed by atoms with van der Waals surface area (Å²) in [5, 5.41) is 10.3. The molecule has 2 aromatic carbocycles. The Morgan fingerprint density at radius 2 is 1.82 bits per heavy atom. The van der Waals surface area contributed by atoms with Gasteiger partial charge in [0.15, 0.2) is 0 Å². The number of nitrogens with one attached hydrogen (secondary N) is 1. The Hall–Kier alpha value is -2.53. The second-order valence-electron chi connectivity index (χ2n) is 6.14. The van der Waals surface area contributed by atoms with E-state index in [0.717, 1.165) is 27.7 Å². The minimum absolute atomic E-state index is 0.421. The van der Waals surface area contributed by atoms with Crippen LogP contribution in [0.15, 0.2) is 42.5 Å². The topological polar surface area (TPSA) is 39.6 Å². The van der Waals surface area contributed by atoms with Gasteiger partial charge in [0.05, 0.1) is 18.2 Å². The van der Waals surface area contributed by atoms with Gasteiger partial charge >= 0.3 is 0 Å². The van der Waals surface area contributed by atoms with Gasteiger partial charge in [-0.05, 0) is 41.7 Å².